The molecule has 1 aliphatic heterocycles. The van der Waals surface area contributed by atoms with Crippen molar-refractivity contribution in [3.63, 3.8) is 0 Å². The lowest BCUT2D eigenvalue weighted by Gasteiger charge is -2.39. The summed E-state index contributed by atoms with van der Waals surface area (Å²) in [5, 5.41) is 3.27. The molecule has 0 saturated carbocycles. The van der Waals surface area contributed by atoms with Crippen LogP contribution in [0.5, 0.6) is 0 Å². The van der Waals surface area contributed by atoms with Gasteiger partial charge in [-0.2, -0.15) is 0 Å². The summed E-state index contributed by atoms with van der Waals surface area (Å²) in [6.45, 7) is 7.91. The molecule has 1 fully saturated rings. The third kappa shape index (κ3) is 4.02. The van der Waals surface area contributed by atoms with Crippen LogP contribution in [0.1, 0.15) is 25.6 Å². The van der Waals surface area contributed by atoms with Crippen molar-refractivity contribution in [2.45, 2.75) is 32.1 Å². The molecule has 0 unspecified atom stereocenters. The molecule has 5 nitrogen and oxygen atoms in total. The Balaban J connectivity index is 2.14. The molecule has 1 aromatic rings. The predicted molar refractivity (Wildman–Crippen MR) is 96.3 cm³/mol. The van der Waals surface area contributed by atoms with E-state index in [1.807, 2.05) is 24.0 Å². The van der Waals surface area contributed by atoms with Crippen LogP contribution >= 0.6 is 27.3 Å². The van der Waals surface area contributed by atoms with Gasteiger partial charge in [-0.1, -0.05) is 0 Å². The van der Waals surface area contributed by atoms with E-state index in [0.29, 0.717) is 19.6 Å². The first kappa shape index (κ1) is 17.7. The number of hydrogen-bond acceptors (Lipinski definition) is 4. The summed E-state index contributed by atoms with van der Waals surface area (Å²) in [5.74, 6) is 0.963. The Kier molecular flexibility index (Phi) is 5.55. The highest BCUT2D eigenvalue weighted by Crippen LogP contribution is 2.25. The van der Waals surface area contributed by atoms with Crippen molar-refractivity contribution in [1.29, 1.82) is 0 Å². The third-order valence-electron chi connectivity index (χ3n) is 3.69. The van der Waals surface area contributed by atoms with E-state index >= 15 is 0 Å². The lowest BCUT2D eigenvalue weighted by molar-refractivity contribution is 0.353. The van der Waals surface area contributed by atoms with Gasteiger partial charge in [-0.25, -0.2) is 13.4 Å². The third-order valence-corrected chi connectivity index (χ3v) is 7.83. The van der Waals surface area contributed by atoms with Crippen molar-refractivity contribution in [2.75, 3.05) is 25.4 Å². The molecular weight excluding hydrogens is 386 g/mol. The minimum Gasteiger partial charge on any atom is -0.357 e. The molecule has 2 heterocycles. The second-order valence-electron chi connectivity index (χ2n) is 5.88. The molecule has 1 aliphatic rings. The lowest BCUT2D eigenvalue weighted by Crippen LogP contribution is -2.57. The summed E-state index contributed by atoms with van der Waals surface area (Å²) in [6, 6.07) is 4.06. The van der Waals surface area contributed by atoms with Crippen molar-refractivity contribution in [1.82, 2.24) is 10.2 Å². The number of hydrogen-bond donors (Lipinski definition) is 1. The number of guanidine groups is 1. The number of sulfone groups is 1. The van der Waals surface area contributed by atoms with Crippen molar-refractivity contribution in [3.8, 4) is 0 Å². The molecule has 0 atom stereocenters. The minimum absolute atomic E-state index is 0.176. The summed E-state index contributed by atoms with van der Waals surface area (Å²) in [5.41, 5.74) is 0. The number of thiophene rings is 1. The second kappa shape index (κ2) is 6.88. The van der Waals surface area contributed by atoms with Crippen molar-refractivity contribution >= 4 is 43.1 Å². The lowest BCUT2D eigenvalue weighted by atomic mass is 10.2. The summed E-state index contributed by atoms with van der Waals surface area (Å²) in [6.07, 6.45) is 0. The molecule has 8 heteroatoms. The van der Waals surface area contributed by atoms with Gasteiger partial charge in [-0.05, 0) is 48.8 Å². The van der Waals surface area contributed by atoms with Crippen LogP contribution in [0.2, 0.25) is 0 Å². The van der Waals surface area contributed by atoms with Gasteiger partial charge in [0.05, 0.1) is 20.8 Å². The Bertz CT molecular complexity index is 653. The van der Waals surface area contributed by atoms with E-state index in [-0.39, 0.29) is 5.75 Å². The first-order valence-electron chi connectivity index (χ1n) is 7.25. The van der Waals surface area contributed by atoms with Crippen LogP contribution in [0, 0.1) is 0 Å². The maximum Gasteiger partial charge on any atom is 0.194 e. The number of nitrogens with one attached hydrogen (secondary N) is 1. The van der Waals surface area contributed by atoms with Crippen LogP contribution in [0.4, 0.5) is 0 Å². The van der Waals surface area contributed by atoms with Gasteiger partial charge < -0.3 is 10.2 Å². The van der Waals surface area contributed by atoms with Gasteiger partial charge in [-0.15, -0.1) is 11.3 Å². The Morgan fingerprint density at radius 1 is 1.50 bits per heavy atom. The standard InChI is InChI=1S/C14H22BrN3O2S2/c1-4-16-13(17-9-11-5-6-12(15)21-11)18-7-8-22(19,20)14(2,3)10-18/h5-6H,4,7-10H2,1-3H3,(H,16,17). The minimum atomic E-state index is -3.03. The molecule has 0 aromatic carbocycles. The van der Waals surface area contributed by atoms with E-state index in [0.717, 1.165) is 16.3 Å². The van der Waals surface area contributed by atoms with Crippen LogP contribution in [-0.4, -0.2) is 49.4 Å². The molecule has 124 valence electrons. The maximum atomic E-state index is 12.1. The number of nitrogens with zero attached hydrogens (tertiary/aromatic N) is 2. The van der Waals surface area contributed by atoms with E-state index in [1.54, 1.807) is 25.2 Å². The van der Waals surface area contributed by atoms with Crippen LogP contribution in [0.15, 0.2) is 20.9 Å². The highest BCUT2D eigenvalue weighted by atomic mass is 79.9. The summed E-state index contributed by atoms with van der Waals surface area (Å²) < 4.78 is 24.6. The zero-order valence-electron chi connectivity index (χ0n) is 13.1. The average molecular weight is 408 g/mol. The van der Waals surface area contributed by atoms with E-state index in [9.17, 15) is 8.42 Å². The summed E-state index contributed by atoms with van der Waals surface area (Å²) in [7, 11) is -3.03. The summed E-state index contributed by atoms with van der Waals surface area (Å²) >= 11 is 5.11. The normalized spacial score (nSPS) is 20.9. The van der Waals surface area contributed by atoms with Gasteiger partial charge in [-0.3, -0.25) is 0 Å². The van der Waals surface area contributed by atoms with E-state index < -0.39 is 14.6 Å². The molecule has 0 spiro atoms. The fraction of sp³-hybridized carbons (Fsp3) is 0.643. The fourth-order valence-electron chi connectivity index (χ4n) is 2.34. The first-order chi connectivity index (χ1) is 10.2. The van der Waals surface area contributed by atoms with Gasteiger partial charge in [0.1, 0.15) is 0 Å². The first-order valence-corrected chi connectivity index (χ1v) is 10.5. The Labute approximate surface area is 144 Å². The molecule has 0 aliphatic carbocycles. The Hall–Kier alpha value is -0.600. The van der Waals surface area contributed by atoms with Crippen LogP contribution in [0.25, 0.3) is 0 Å². The van der Waals surface area contributed by atoms with E-state index in [4.69, 9.17) is 0 Å². The van der Waals surface area contributed by atoms with Gasteiger partial charge >= 0.3 is 0 Å². The van der Waals surface area contributed by atoms with Gasteiger partial charge in [0.25, 0.3) is 0 Å². The molecule has 1 N–H and O–H groups in total. The molecular formula is C14H22BrN3O2S2. The highest BCUT2D eigenvalue weighted by Gasteiger charge is 2.40. The van der Waals surface area contributed by atoms with Crippen molar-refractivity contribution < 1.29 is 8.42 Å². The van der Waals surface area contributed by atoms with Crippen LogP contribution in [0.3, 0.4) is 0 Å². The number of halogens is 1. The molecule has 0 amide bonds. The highest BCUT2D eigenvalue weighted by molar-refractivity contribution is 9.11. The van der Waals surface area contributed by atoms with Gasteiger partial charge in [0, 0.05) is 24.5 Å². The van der Waals surface area contributed by atoms with Crippen molar-refractivity contribution in [3.05, 3.63) is 20.8 Å². The SMILES string of the molecule is CCNC(=NCc1ccc(Br)s1)N1CCS(=O)(=O)C(C)(C)C1. The number of aliphatic imine (C=N–C) groups is 1. The Morgan fingerprint density at radius 2 is 2.23 bits per heavy atom. The molecule has 0 radical (unpaired) electrons. The fourth-order valence-corrected chi connectivity index (χ4v) is 5.11. The largest absolute Gasteiger partial charge is 0.357 e. The zero-order valence-corrected chi connectivity index (χ0v) is 16.3. The quantitative estimate of drug-likeness (QED) is 0.617. The zero-order chi connectivity index (χ0) is 16.4. The van der Waals surface area contributed by atoms with E-state index in [2.05, 4.69) is 26.2 Å². The number of rotatable bonds is 3. The molecule has 22 heavy (non-hydrogen) atoms. The monoisotopic (exact) mass is 407 g/mol. The molecule has 1 aromatic heterocycles. The summed E-state index contributed by atoms with van der Waals surface area (Å²) in [4.78, 5) is 7.88. The maximum absolute atomic E-state index is 12.1. The van der Waals surface area contributed by atoms with Crippen molar-refractivity contribution in [2.24, 2.45) is 4.99 Å². The van der Waals surface area contributed by atoms with Gasteiger partial charge in [0.15, 0.2) is 15.8 Å². The van der Waals surface area contributed by atoms with Gasteiger partial charge in [0.2, 0.25) is 0 Å². The Morgan fingerprint density at radius 3 is 2.77 bits per heavy atom. The van der Waals surface area contributed by atoms with E-state index in [1.165, 1.54) is 4.88 Å². The topological polar surface area (TPSA) is 61.8 Å². The van der Waals surface area contributed by atoms with Crippen LogP contribution in [-0.2, 0) is 16.4 Å². The average Bonchev–Trinajstić information content (AvgIpc) is 2.84. The molecule has 2 rings (SSSR count). The molecule has 0 bridgehead atoms. The second-order valence-corrected chi connectivity index (χ2v) is 11.2. The van der Waals surface area contributed by atoms with Crippen LogP contribution < -0.4 is 5.32 Å². The smallest absolute Gasteiger partial charge is 0.194 e. The molecule has 1 saturated heterocycles. The predicted octanol–water partition coefficient (Wildman–Crippen LogP) is 2.49.